The third-order valence-electron chi connectivity index (χ3n) is 6.10. The molecule has 1 heterocycles. The Kier molecular flexibility index (Phi) is 6.63. The van der Waals surface area contributed by atoms with Gasteiger partial charge in [0.25, 0.3) is 0 Å². The summed E-state index contributed by atoms with van der Waals surface area (Å²) in [5.74, 6) is 0.890. The molecule has 3 rings (SSSR count). The second-order valence-corrected chi connectivity index (χ2v) is 8.84. The molecule has 156 valence electrons. The molecule has 1 aliphatic rings. The zero-order valence-electron chi connectivity index (χ0n) is 18.1. The second-order valence-electron chi connectivity index (χ2n) is 8.84. The van der Waals surface area contributed by atoms with Gasteiger partial charge in [0, 0.05) is 26.1 Å². The lowest BCUT2D eigenvalue weighted by Gasteiger charge is -2.43. The average Bonchev–Trinajstić information content (AvgIpc) is 2.94. The number of carbonyl (C=O) groups is 1. The number of carbonyl (C=O) groups excluding carboxylic acids is 1. The molecular formula is C25H33NO3. The number of rotatable bonds is 6. The molecule has 0 bridgehead atoms. The van der Waals surface area contributed by atoms with Crippen molar-refractivity contribution in [3.05, 3.63) is 66.2 Å². The molecule has 0 saturated carbocycles. The summed E-state index contributed by atoms with van der Waals surface area (Å²) in [4.78, 5) is 15.6. The van der Waals surface area contributed by atoms with Crippen LogP contribution < -0.4 is 4.74 Å². The van der Waals surface area contributed by atoms with Crippen molar-refractivity contribution >= 4 is 5.91 Å². The Hall–Kier alpha value is -2.33. The lowest BCUT2D eigenvalue weighted by atomic mass is 9.75. The molecule has 1 atom stereocenters. The first-order valence-electron chi connectivity index (χ1n) is 10.5. The van der Waals surface area contributed by atoms with Gasteiger partial charge in [-0.15, -0.1) is 0 Å². The van der Waals surface area contributed by atoms with Crippen LogP contribution in [0.1, 0.15) is 39.7 Å². The van der Waals surface area contributed by atoms with Gasteiger partial charge in [0.2, 0.25) is 5.91 Å². The number of amides is 1. The minimum absolute atomic E-state index is 0.0119. The van der Waals surface area contributed by atoms with Crippen LogP contribution in [-0.4, -0.2) is 42.2 Å². The summed E-state index contributed by atoms with van der Waals surface area (Å²) in [6, 6.07) is 20.0. The molecule has 4 heteroatoms. The number of hydrogen-bond donors (Lipinski definition) is 0. The SMILES string of the molecule is CC(C)(Oc1ccccc1)C(C)(C)C(=O)N1CCCOC(Cc2ccccc2)C1. The van der Waals surface area contributed by atoms with Gasteiger partial charge in [0.15, 0.2) is 0 Å². The minimum atomic E-state index is -0.690. The third kappa shape index (κ3) is 5.18. The maximum atomic E-state index is 13.6. The molecule has 0 N–H and O–H groups in total. The summed E-state index contributed by atoms with van der Waals surface area (Å²) < 4.78 is 12.3. The molecule has 0 radical (unpaired) electrons. The van der Waals surface area contributed by atoms with Crippen molar-refractivity contribution in [1.82, 2.24) is 4.90 Å². The number of para-hydroxylation sites is 1. The predicted molar refractivity (Wildman–Crippen MR) is 116 cm³/mol. The van der Waals surface area contributed by atoms with E-state index in [0.717, 1.165) is 25.1 Å². The van der Waals surface area contributed by atoms with Gasteiger partial charge < -0.3 is 14.4 Å². The van der Waals surface area contributed by atoms with E-state index in [1.165, 1.54) is 5.56 Å². The quantitative estimate of drug-likeness (QED) is 0.710. The smallest absolute Gasteiger partial charge is 0.232 e. The van der Waals surface area contributed by atoms with Crippen LogP contribution in [0.4, 0.5) is 0 Å². The number of ether oxygens (including phenoxy) is 2. The average molecular weight is 396 g/mol. The van der Waals surface area contributed by atoms with E-state index < -0.39 is 11.0 Å². The Morgan fingerprint density at radius 2 is 1.66 bits per heavy atom. The summed E-state index contributed by atoms with van der Waals surface area (Å²) in [6.07, 6.45) is 1.68. The highest BCUT2D eigenvalue weighted by Gasteiger charge is 2.47. The van der Waals surface area contributed by atoms with Gasteiger partial charge in [-0.25, -0.2) is 0 Å². The van der Waals surface area contributed by atoms with E-state index in [4.69, 9.17) is 9.47 Å². The zero-order chi connectivity index (χ0) is 20.9. The van der Waals surface area contributed by atoms with E-state index in [1.807, 2.05) is 81.1 Å². The van der Waals surface area contributed by atoms with E-state index >= 15 is 0 Å². The Balaban J connectivity index is 1.72. The fraction of sp³-hybridized carbons (Fsp3) is 0.480. The Labute approximate surface area is 174 Å². The lowest BCUT2D eigenvalue weighted by Crippen LogP contribution is -2.55. The summed E-state index contributed by atoms with van der Waals surface area (Å²) >= 11 is 0. The van der Waals surface area contributed by atoms with Crippen LogP contribution in [0.5, 0.6) is 5.75 Å². The van der Waals surface area contributed by atoms with Crippen molar-refractivity contribution in [2.45, 2.75) is 52.2 Å². The fourth-order valence-corrected chi connectivity index (χ4v) is 3.64. The first-order valence-corrected chi connectivity index (χ1v) is 10.5. The molecule has 1 amide bonds. The molecular weight excluding hydrogens is 362 g/mol. The maximum absolute atomic E-state index is 13.6. The van der Waals surface area contributed by atoms with Crippen molar-refractivity contribution in [1.29, 1.82) is 0 Å². The van der Waals surface area contributed by atoms with Crippen molar-refractivity contribution in [2.75, 3.05) is 19.7 Å². The van der Waals surface area contributed by atoms with Crippen molar-refractivity contribution in [3.8, 4) is 5.75 Å². The van der Waals surface area contributed by atoms with Crippen LogP contribution in [0, 0.1) is 5.41 Å². The van der Waals surface area contributed by atoms with Crippen LogP contribution in [0.2, 0.25) is 0 Å². The first kappa shape index (κ1) is 21.4. The molecule has 1 fully saturated rings. The minimum Gasteiger partial charge on any atom is -0.487 e. The van der Waals surface area contributed by atoms with Crippen molar-refractivity contribution in [3.63, 3.8) is 0 Å². The Morgan fingerprint density at radius 3 is 2.31 bits per heavy atom. The summed E-state index contributed by atoms with van der Waals surface area (Å²) in [6.45, 7) is 9.97. The predicted octanol–water partition coefficient (Wildman–Crippen LogP) is 4.73. The number of nitrogens with zero attached hydrogens (tertiary/aromatic N) is 1. The van der Waals surface area contributed by atoms with Gasteiger partial charge in [-0.2, -0.15) is 0 Å². The van der Waals surface area contributed by atoms with Gasteiger partial charge >= 0.3 is 0 Å². The molecule has 2 aromatic carbocycles. The lowest BCUT2D eigenvalue weighted by molar-refractivity contribution is -0.152. The number of hydrogen-bond acceptors (Lipinski definition) is 3. The van der Waals surface area contributed by atoms with E-state index in [1.54, 1.807) is 0 Å². The Bertz CT molecular complexity index is 786. The first-order chi connectivity index (χ1) is 13.8. The summed E-state index contributed by atoms with van der Waals surface area (Å²) in [5, 5.41) is 0. The third-order valence-corrected chi connectivity index (χ3v) is 6.10. The standard InChI is InChI=1S/C25H33NO3/c1-24(2,25(3,4)29-21-14-9-6-10-15-21)23(27)26-16-11-17-28-22(19-26)18-20-12-7-5-8-13-20/h5-10,12-15,22H,11,16-19H2,1-4H3. The van der Waals surface area contributed by atoms with Gasteiger partial charge in [0.1, 0.15) is 11.4 Å². The molecule has 4 nitrogen and oxygen atoms in total. The molecule has 29 heavy (non-hydrogen) atoms. The molecule has 0 aromatic heterocycles. The molecule has 1 unspecified atom stereocenters. The van der Waals surface area contributed by atoms with Crippen molar-refractivity contribution < 1.29 is 14.3 Å². The second kappa shape index (κ2) is 9.00. The van der Waals surface area contributed by atoms with E-state index in [9.17, 15) is 4.79 Å². The maximum Gasteiger partial charge on any atom is 0.232 e. The van der Waals surface area contributed by atoms with Gasteiger partial charge in [-0.1, -0.05) is 48.5 Å². The summed E-state index contributed by atoms with van der Waals surface area (Å²) in [7, 11) is 0. The monoisotopic (exact) mass is 395 g/mol. The molecule has 1 aliphatic heterocycles. The highest BCUT2D eigenvalue weighted by atomic mass is 16.5. The molecule has 2 aromatic rings. The largest absolute Gasteiger partial charge is 0.487 e. The van der Waals surface area contributed by atoms with E-state index in [2.05, 4.69) is 12.1 Å². The van der Waals surface area contributed by atoms with Crippen LogP contribution >= 0.6 is 0 Å². The topological polar surface area (TPSA) is 38.8 Å². The van der Waals surface area contributed by atoms with Gasteiger partial charge in [-0.05, 0) is 51.8 Å². The van der Waals surface area contributed by atoms with Crippen LogP contribution in [-0.2, 0) is 16.0 Å². The van der Waals surface area contributed by atoms with Gasteiger partial charge in [0.05, 0.1) is 11.5 Å². The molecule has 0 aliphatic carbocycles. The molecule has 1 saturated heterocycles. The van der Waals surface area contributed by atoms with Crippen LogP contribution in [0.25, 0.3) is 0 Å². The molecule has 0 spiro atoms. The summed E-state index contributed by atoms with van der Waals surface area (Å²) in [5.41, 5.74) is -0.114. The fourth-order valence-electron chi connectivity index (χ4n) is 3.64. The van der Waals surface area contributed by atoms with E-state index in [0.29, 0.717) is 13.2 Å². The zero-order valence-corrected chi connectivity index (χ0v) is 18.1. The highest BCUT2D eigenvalue weighted by molar-refractivity contribution is 5.83. The van der Waals surface area contributed by atoms with Gasteiger partial charge in [-0.3, -0.25) is 4.79 Å². The normalized spacial score (nSPS) is 18.2. The van der Waals surface area contributed by atoms with E-state index in [-0.39, 0.29) is 12.0 Å². The Morgan fingerprint density at radius 1 is 1.03 bits per heavy atom. The highest BCUT2D eigenvalue weighted by Crippen LogP contribution is 2.37. The number of benzene rings is 2. The van der Waals surface area contributed by atoms with Crippen LogP contribution in [0.15, 0.2) is 60.7 Å². The van der Waals surface area contributed by atoms with Crippen LogP contribution in [0.3, 0.4) is 0 Å². The van der Waals surface area contributed by atoms with Crippen molar-refractivity contribution in [2.24, 2.45) is 5.41 Å².